The Bertz CT molecular complexity index is 544. The summed E-state index contributed by atoms with van der Waals surface area (Å²) in [5.41, 5.74) is 1.56. The van der Waals surface area contributed by atoms with Gasteiger partial charge in [-0.15, -0.1) is 0 Å². The summed E-state index contributed by atoms with van der Waals surface area (Å²) in [4.78, 5) is 12.6. The van der Waals surface area contributed by atoms with Crippen LogP contribution in [0.25, 0.3) is 11.2 Å². The highest BCUT2D eigenvalue weighted by Gasteiger charge is 2.18. The highest BCUT2D eigenvalue weighted by molar-refractivity contribution is 6.28. The summed E-state index contributed by atoms with van der Waals surface area (Å²) in [6.45, 7) is 0. The molecule has 0 aliphatic heterocycles. The first kappa shape index (κ1) is 10.8. The van der Waals surface area contributed by atoms with Crippen LogP contribution in [0.15, 0.2) is 6.33 Å². The average molecular weight is 252 g/mol. The van der Waals surface area contributed by atoms with Crippen LogP contribution in [0.3, 0.4) is 0 Å². The van der Waals surface area contributed by atoms with Gasteiger partial charge in [0.1, 0.15) is 5.52 Å². The molecule has 2 heterocycles. The average Bonchev–Trinajstić information content (AvgIpc) is 2.89. The van der Waals surface area contributed by atoms with E-state index in [2.05, 4.69) is 20.3 Å². The predicted octanol–water partition coefficient (Wildman–Crippen LogP) is 2.37. The van der Waals surface area contributed by atoms with Crippen molar-refractivity contribution in [3.63, 3.8) is 0 Å². The molecule has 2 aromatic heterocycles. The van der Waals surface area contributed by atoms with Crippen molar-refractivity contribution in [2.24, 2.45) is 7.05 Å². The van der Waals surface area contributed by atoms with Crippen LogP contribution in [0.4, 0.5) is 5.82 Å². The number of nitrogens with one attached hydrogen (secondary N) is 1. The van der Waals surface area contributed by atoms with Crippen molar-refractivity contribution in [3.05, 3.63) is 11.6 Å². The van der Waals surface area contributed by atoms with Gasteiger partial charge in [-0.25, -0.2) is 4.98 Å². The van der Waals surface area contributed by atoms with Crippen LogP contribution < -0.4 is 5.32 Å². The molecule has 2 aromatic rings. The summed E-state index contributed by atoms with van der Waals surface area (Å²) in [5.74, 6) is 0.798. The highest BCUT2D eigenvalue weighted by atomic mass is 35.5. The third-order valence-corrected chi connectivity index (χ3v) is 3.41. The lowest BCUT2D eigenvalue weighted by molar-refractivity contribution is 0.750. The molecule has 0 bridgehead atoms. The van der Waals surface area contributed by atoms with Crippen LogP contribution >= 0.6 is 11.6 Å². The van der Waals surface area contributed by atoms with E-state index in [1.165, 1.54) is 25.7 Å². The standard InChI is InChI=1S/C11H14ClN5/c1-17-6-13-9-8(17)10(16-11(12)15-9)14-7-4-2-3-5-7/h6-7H,2-5H2,1H3,(H,14,15,16). The Labute approximate surface area is 104 Å². The maximum absolute atomic E-state index is 5.91. The van der Waals surface area contributed by atoms with E-state index in [1.807, 2.05) is 11.6 Å². The first-order valence-electron chi connectivity index (χ1n) is 5.85. The minimum absolute atomic E-state index is 0.247. The van der Waals surface area contributed by atoms with Gasteiger partial charge in [0, 0.05) is 13.1 Å². The van der Waals surface area contributed by atoms with Gasteiger partial charge in [-0.05, 0) is 24.4 Å². The van der Waals surface area contributed by atoms with Crippen LogP contribution in [0.2, 0.25) is 5.28 Å². The number of fused-ring (bicyclic) bond motifs is 1. The van der Waals surface area contributed by atoms with Gasteiger partial charge in [0.2, 0.25) is 5.28 Å². The third kappa shape index (κ3) is 1.95. The molecule has 0 amide bonds. The summed E-state index contributed by atoms with van der Waals surface area (Å²) in [5, 5.41) is 3.70. The van der Waals surface area contributed by atoms with Gasteiger partial charge < -0.3 is 9.88 Å². The third-order valence-electron chi connectivity index (χ3n) is 3.24. The first-order valence-corrected chi connectivity index (χ1v) is 6.23. The fourth-order valence-electron chi connectivity index (χ4n) is 2.39. The summed E-state index contributed by atoms with van der Waals surface area (Å²) >= 11 is 5.91. The van der Waals surface area contributed by atoms with Crippen molar-refractivity contribution in [1.82, 2.24) is 19.5 Å². The number of hydrogen-bond acceptors (Lipinski definition) is 4. The molecule has 1 saturated carbocycles. The minimum Gasteiger partial charge on any atom is -0.365 e. The number of hydrogen-bond donors (Lipinski definition) is 1. The number of aromatic nitrogens is 4. The fraction of sp³-hybridized carbons (Fsp3) is 0.545. The van der Waals surface area contributed by atoms with E-state index in [1.54, 1.807) is 6.33 Å². The number of imidazole rings is 1. The molecule has 6 heteroatoms. The van der Waals surface area contributed by atoms with E-state index < -0.39 is 0 Å². The number of halogens is 1. The zero-order chi connectivity index (χ0) is 11.8. The van der Waals surface area contributed by atoms with Gasteiger partial charge in [-0.3, -0.25) is 0 Å². The molecule has 1 aliphatic carbocycles. The van der Waals surface area contributed by atoms with E-state index in [9.17, 15) is 0 Å². The molecule has 0 radical (unpaired) electrons. The monoisotopic (exact) mass is 251 g/mol. The number of anilines is 1. The molecule has 0 atom stereocenters. The maximum atomic E-state index is 5.91. The lowest BCUT2D eigenvalue weighted by Crippen LogP contribution is -2.16. The van der Waals surface area contributed by atoms with Gasteiger partial charge in [0.05, 0.1) is 6.33 Å². The lowest BCUT2D eigenvalue weighted by Gasteiger charge is -2.13. The SMILES string of the molecule is Cn1cnc2nc(Cl)nc(NC3CCCC3)c21. The Morgan fingerprint density at radius 2 is 2.12 bits per heavy atom. The Morgan fingerprint density at radius 3 is 2.88 bits per heavy atom. The van der Waals surface area contributed by atoms with E-state index in [0.717, 1.165) is 11.3 Å². The van der Waals surface area contributed by atoms with E-state index >= 15 is 0 Å². The number of nitrogens with zero attached hydrogens (tertiary/aromatic N) is 4. The molecule has 90 valence electrons. The first-order chi connectivity index (χ1) is 8.24. The van der Waals surface area contributed by atoms with Crippen molar-refractivity contribution in [2.75, 3.05) is 5.32 Å². The number of aryl methyl sites for hydroxylation is 1. The Hall–Kier alpha value is -1.36. The van der Waals surface area contributed by atoms with Gasteiger partial charge in [-0.1, -0.05) is 12.8 Å². The second-order valence-electron chi connectivity index (χ2n) is 4.49. The van der Waals surface area contributed by atoms with Crippen molar-refractivity contribution >= 4 is 28.6 Å². The van der Waals surface area contributed by atoms with E-state index in [-0.39, 0.29) is 5.28 Å². The topological polar surface area (TPSA) is 55.6 Å². The van der Waals surface area contributed by atoms with Crippen LogP contribution in [0.5, 0.6) is 0 Å². The molecule has 0 unspecified atom stereocenters. The summed E-state index contributed by atoms with van der Waals surface area (Å²) < 4.78 is 1.92. The summed E-state index contributed by atoms with van der Waals surface area (Å²) in [6, 6.07) is 0.499. The van der Waals surface area contributed by atoms with Crippen LogP contribution in [-0.4, -0.2) is 25.6 Å². The van der Waals surface area contributed by atoms with Gasteiger partial charge >= 0.3 is 0 Å². The summed E-state index contributed by atoms with van der Waals surface area (Å²) in [6.07, 6.45) is 6.69. The zero-order valence-corrected chi connectivity index (χ0v) is 10.4. The maximum Gasteiger partial charge on any atom is 0.226 e. The Morgan fingerprint density at radius 1 is 1.35 bits per heavy atom. The highest BCUT2D eigenvalue weighted by Crippen LogP contribution is 2.26. The fourth-order valence-corrected chi connectivity index (χ4v) is 2.56. The Balaban J connectivity index is 2.03. The molecule has 0 aromatic carbocycles. The van der Waals surface area contributed by atoms with Crippen molar-refractivity contribution in [1.29, 1.82) is 0 Å². The molecule has 1 fully saturated rings. The molecule has 0 saturated heterocycles. The molecule has 0 spiro atoms. The largest absolute Gasteiger partial charge is 0.365 e. The van der Waals surface area contributed by atoms with Crippen LogP contribution in [-0.2, 0) is 7.05 Å². The molecular formula is C11H14ClN5. The van der Waals surface area contributed by atoms with Gasteiger partial charge in [0.25, 0.3) is 0 Å². The quantitative estimate of drug-likeness (QED) is 0.833. The summed E-state index contributed by atoms with van der Waals surface area (Å²) in [7, 11) is 1.94. The lowest BCUT2D eigenvalue weighted by atomic mass is 10.2. The van der Waals surface area contributed by atoms with Crippen LogP contribution in [0, 0.1) is 0 Å². The van der Waals surface area contributed by atoms with E-state index in [0.29, 0.717) is 11.7 Å². The molecule has 3 rings (SSSR count). The van der Waals surface area contributed by atoms with Crippen molar-refractivity contribution in [3.8, 4) is 0 Å². The zero-order valence-electron chi connectivity index (χ0n) is 9.65. The second-order valence-corrected chi connectivity index (χ2v) is 4.83. The molecule has 1 N–H and O–H groups in total. The van der Waals surface area contributed by atoms with Gasteiger partial charge in [-0.2, -0.15) is 9.97 Å². The van der Waals surface area contributed by atoms with Gasteiger partial charge in [0.15, 0.2) is 11.5 Å². The molecular weight excluding hydrogens is 238 g/mol. The minimum atomic E-state index is 0.247. The molecule has 1 aliphatic rings. The predicted molar refractivity (Wildman–Crippen MR) is 67.2 cm³/mol. The Kier molecular flexibility index (Phi) is 2.63. The smallest absolute Gasteiger partial charge is 0.226 e. The normalized spacial score (nSPS) is 16.8. The van der Waals surface area contributed by atoms with Crippen LogP contribution in [0.1, 0.15) is 25.7 Å². The second kappa shape index (κ2) is 4.14. The molecule has 5 nitrogen and oxygen atoms in total. The molecule has 17 heavy (non-hydrogen) atoms. The van der Waals surface area contributed by atoms with E-state index in [4.69, 9.17) is 11.6 Å². The van der Waals surface area contributed by atoms with Crippen molar-refractivity contribution < 1.29 is 0 Å². The van der Waals surface area contributed by atoms with Crippen molar-refractivity contribution in [2.45, 2.75) is 31.7 Å². The number of rotatable bonds is 2.